The molecule has 17 heavy (non-hydrogen) atoms. The first kappa shape index (κ1) is 13.7. The molecule has 1 rings (SSSR count). The fourth-order valence-electron chi connectivity index (χ4n) is 1.19. The van der Waals surface area contributed by atoms with Gasteiger partial charge in [0.05, 0.1) is 18.2 Å². The van der Waals surface area contributed by atoms with Crippen LogP contribution in [0.25, 0.3) is 0 Å². The van der Waals surface area contributed by atoms with Crippen LogP contribution in [0.2, 0.25) is 0 Å². The van der Waals surface area contributed by atoms with Gasteiger partial charge < -0.3 is 15.8 Å². The van der Waals surface area contributed by atoms with E-state index in [4.69, 9.17) is 10.5 Å². The van der Waals surface area contributed by atoms with Crippen molar-refractivity contribution >= 4 is 28.2 Å². The zero-order valence-electron chi connectivity index (χ0n) is 10.1. The third-order valence-corrected chi connectivity index (χ3v) is 2.97. The van der Waals surface area contributed by atoms with Crippen LogP contribution < -0.4 is 11.1 Å². The summed E-state index contributed by atoms with van der Waals surface area (Å²) >= 11 is 1.33. The van der Waals surface area contributed by atoms with Crippen LogP contribution in [0.1, 0.15) is 29.1 Å². The molecule has 1 heterocycles. The van der Waals surface area contributed by atoms with Crippen molar-refractivity contribution in [2.45, 2.75) is 26.8 Å². The average molecular weight is 256 g/mol. The number of ether oxygens (including phenoxy) is 1. The number of amides is 1. The highest BCUT2D eigenvalue weighted by atomic mass is 32.1. The minimum atomic E-state index is -0.618. The topological polar surface area (TPSA) is 81.4 Å². The highest BCUT2D eigenvalue weighted by Crippen LogP contribution is 2.28. The number of rotatable bonds is 4. The fourth-order valence-corrected chi connectivity index (χ4v) is 2.10. The molecule has 0 fully saturated rings. The lowest BCUT2D eigenvalue weighted by atomic mass is 10.3. The van der Waals surface area contributed by atoms with Crippen LogP contribution in [0.3, 0.4) is 0 Å². The average Bonchev–Trinajstić information content (AvgIpc) is 2.59. The number of carbonyl (C=O) groups excluding carboxylic acids is 2. The summed E-state index contributed by atoms with van der Waals surface area (Å²) in [6.45, 7) is 5.47. The minimum absolute atomic E-state index is 0.300. The van der Waals surface area contributed by atoms with E-state index in [9.17, 15) is 9.59 Å². The Morgan fingerprint density at radius 3 is 2.76 bits per heavy atom. The number of hydrogen-bond acceptors (Lipinski definition) is 5. The van der Waals surface area contributed by atoms with Crippen LogP contribution in [-0.4, -0.2) is 24.5 Å². The summed E-state index contributed by atoms with van der Waals surface area (Å²) in [4.78, 5) is 24.0. The first-order valence-corrected chi connectivity index (χ1v) is 6.11. The SMILES string of the molecule is CCOC(=O)c1cc(C)sc1NC(=O)[C@H](C)N. The second-order valence-corrected chi connectivity index (χ2v) is 4.85. The van der Waals surface area contributed by atoms with Crippen molar-refractivity contribution in [3.8, 4) is 0 Å². The van der Waals surface area contributed by atoms with Crippen molar-refractivity contribution in [1.82, 2.24) is 0 Å². The van der Waals surface area contributed by atoms with Gasteiger partial charge in [0.15, 0.2) is 0 Å². The fraction of sp³-hybridized carbons (Fsp3) is 0.455. The van der Waals surface area contributed by atoms with Crippen LogP contribution >= 0.6 is 11.3 Å². The van der Waals surface area contributed by atoms with Gasteiger partial charge in [-0.25, -0.2) is 4.79 Å². The summed E-state index contributed by atoms with van der Waals surface area (Å²) in [6, 6.07) is 1.08. The van der Waals surface area contributed by atoms with E-state index < -0.39 is 12.0 Å². The molecule has 0 aliphatic heterocycles. The number of hydrogen-bond donors (Lipinski definition) is 2. The molecule has 0 saturated carbocycles. The Hall–Kier alpha value is -1.40. The van der Waals surface area contributed by atoms with Crippen molar-refractivity contribution < 1.29 is 14.3 Å². The van der Waals surface area contributed by atoms with Gasteiger partial charge in [-0.3, -0.25) is 4.79 Å². The molecule has 0 radical (unpaired) electrons. The number of aryl methyl sites for hydroxylation is 1. The summed E-state index contributed by atoms with van der Waals surface area (Å²) in [6.07, 6.45) is 0. The van der Waals surface area contributed by atoms with E-state index in [2.05, 4.69) is 5.32 Å². The van der Waals surface area contributed by atoms with E-state index >= 15 is 0 Å². The Morgan fingerprint density at radius 2 is 2.24 bits per heavy atom. The molecule has 1 aromatic heterocycles. The predicted molar refractivity (Wildman–Crippen MR) is 67.3 cm³/mol. The predicted octanol–water partition coefficient (Wildman–Crippen LogP) is 1.52. The van der Waals surface area contributed by atoms with Crippen molar-refractivity contribution in [3.63, 3.8) is 0 Å². The molecular formula is C11H16N2O3S. The molecule has 1 amide bonds. The van der Waals surface area contributed by atoms with E-state index in [1.165, 1.54) is 11.3 Å². The second-order valence-electron chi connectivity index (χ2n) is 3.60. The third-order valence-electron chi connectivity index (χ3n) is 2.00. The molecule has 0 aromatic carbocycles. The van der Waals surface area contributed by atoms with E-state index in [0.717, 1.165) is 4.88 Å². The molecule has 5 nitrogen and oxygen atoms in total. The molecule has 1 atom stereocenters. The zero-order chi connectivity index (χ0) is 13.0. The molecule has 0 aliphatic rings. The normalized spacial score (nSPS) is 12.0. The Balaban J connectivity index is 2.92. The van der Waals surface area contributed by atoms with E-state index in [1.807, 2.05) is 6.92 Å². The molecule has 6 heteroatoms. The highest BCUT2D eigenvalue weighted by molar-refractivity contribution is 7.16. The second kappa shape index (κ2) is 5.79. The first-order valence-electron chi connectivity index (χ1n) is 5.29. The largest absolute Gasteiger partial charge is 0.462 e. The maximum atomic E-state index is 11.6. The van der Waals surface area contributed by atoms with Gasteiger partial charge in [0.2, 0.25) is 5.91 Å². The number of anilines is 1. The quantitative estimate of drug-likeness (QED) is 0.800. The van der Waals surface area contributed by atoms with Crippen LogP contribution in [0, 0.1) is 6.92 Å². The van der Waals surface area contributed by atoms with Gasteiger partial charge in [-0.2, -0.15) is 0 Å². The van der Waals surface area contributed by atoms with Gasteiger partial charge in [-0.15, -0.1) is 11.3 Å². The minimum Gasteiger partial charge on any atom is -0.462 e. The maximum absolute atomic E-state index is 11.6. The lowest BCUT2D eigenvalue weighted by Gasteiger charge is -2.07. The van der Waals surface area contributed by atoms with E-state index in [1.54, 1.807) is 19.9 Å². The number of esters is 1. The molecule has 1 aromatic rings. The van der Waals surface area contributed by atoms with E-state index in [0.29, 0.717) is 17.2 Å². The van der Waals surface area contributed by atoms with Crippen LogP contribution in [0.15, 0.2) is 6.07 Å². The van der Waals surface area contributed by atoms with Gasteiger partial charge in [0, 0.05) is 4.88 Å². The lowest BCUT2D eigenvalue weighted by molar-refractivity contribution is -0.117. The van der Waals surface area contributed by atoms with Gasteiger partial charge in [-0.05, 0) is 26.8 Å². The lowest BCUT2D eigenvalue weighted by Crippen LogP contribution is -2.32. The number of thiophene rings is 1. The zero-order valence-corrected chi connectivity index (χ0v) is 10.9. The molecule has 0 spiro atoms. The van der Waals surface area contributed by atoms with E-state index in [-0.39, 0.29) is 5.91 Å². The molecular weight excluding hydrogens is 240 g/mol. The monoisotopic (exact) mass is 256 g/mol. The van der Waals surface area contributed by atoms with Gasteiger partial charge in [0.1, 0.15) is 5.00 Å². The molecule has 3 N–H and O–H groups in total. The Labute approximate surface area is 104 Å². The molecule has 0 aliphatic carbocycles. The summed E-state index contributed by atoms with van der Waals surface area (Å²) in [7, 11) is 0. The molecule has 94 valence electrons. The summed E-state index contributed by atoms with van der Waals surface area (Å²) in [5.74, 6) is -0.755. The number of nitrogens with one attached hydrogen (secondary N) is 1. The molecule has 0 unspecified atom stereocenters. The van der Waals surface area contributed by atoms with Crippen molar-refractivity contribution in [1.29, 1.82) is 0 Å². The smallest absolute Gasteiger partial charge is 0.341 e. The molecule has 0 bridgehead atoms. The van der Waals surface area contributed by atoms with Crippen molar-refractivity contribution in [2.75, 3.05) is 11.9 Å². The van der Waals surface area contributed by atoms with Crippen LogP contribution in [-0.2, 0) is 9.53 Å². The standard InChI is InChI=1S/C11H16N2O3S/c1-4-16-11(15)8-5-6(2)17-10(8)13-9(14)7(3)12/h5,7H,4,12H2,1-3H3,(H,13,14)/t7-/m0/s1. The Kier molecular flexibility index (Phi) is 4.65. The van der Waals surface area contributed by atoms with Crippen molar-refractivity contribution in [3.05, 3.63) is 16.5 Å². The first-order chi connectivity index (χ1) is 7.95. The Morgan fingerprint density at radius 1 is 1.59 bits per heavy atom. The third kappa shape index (κ3) is 3.54. The number of nitrogens with two attached hydrogens (primary N) is 1. The molecule has 0 saturated heterocycles. The Bertz CT molecular complexity index is 426. The van der Waals surface area contributed by atoms with Crippen molar-refractivity contribution in [2.24, 2.45) is 5.73 Å². The maximum Gasteiger partial charge on any atom is 0.341 e. The summed E-state index contributed by atoms with van der Waals surface area (Å²) in [5.41, 5.74) is 5.83. The van der Waals surface area contributed by atoms with Crippen LogP contribution in [0.5, 0.6) is 0 Å². The number of carbonyl (C=O) groups is 2. The summed E-state index contributed by atoms with van der Waals surface area (Å²) < 4.78 is 4.91. The van der Waals surface area contributed by atoms with Crippen LogP contribution in [0.4, 0.5) is 5.00 Å². The van der Waals surface area contributed by atoms with Gasteiger partial charge >= 0.3 is 5.97 Å². The van der Waals surface area contributed by atoms with Gasteiger partial charge in [-0.1, -0.05) is 0 Å². The summed E-state index contributed by atoms with van der Waals surface area (Å²) in [5, 5.41) is 3.11. The van der Waals surface area contributed by atoms with Gasteiger partial charge in [0.25, 0.3) is 0 Å². The highest BCUT2D eigenvalue weighted by Gasteiger charge is 2.18.